The summed E-state index contributed by atoms with van der Waals surface area (Å²) in [7, 11) is 0. The number of pyridine rings is 1. The molecule has 0 bridgehead atoms. The van der Waals surface area contributed by atoms with Gasteiger partial charge in [-0.15, -0.1) is 0 Å². The fourth-order valence-corrected chi connectivity index (χ4v) is 4.86. The Morgan fingerprint density at radius 2 is 1.95 bits per heavy atom. The number of hydrogen-bond donors (Lipinski definition) is 2. The van der Waals surface area contributed by atoms with E-state index in [0.717, 1.165) is 11.1 Å². The van der Waals surface area contributed by atoms with Gasteiger partial charge >= 0.3 is 6.18 Å². The van der Waals surface area contributed by atoms with Crippen molar-refractivity contribution >= 4 is 22.5 Å². The Hall–Kier alpha value is -3.77. The van der Waals surface area contributed by atoms with Crippen molar-refractivity contribution in [1.82, 2.24) is 24.6 Å². The van der Waals surface area contributed by atoms with Crippen molar-refractivity contribution in [3.63, 3.8) is 0 Å². The number of carbonyl (C=O) groups excluding carboxylic acids is 1. The number of nitrogens with one attached hydrogen (secondary N) is 1. The summed E-state index contributed by atoms with van der Waals surface area (Å²) in [5.41, 5.74) is 1.71. The fourth-order valence-electron chi connectivity index (χ4n) is 4.86. The average Bonchev–Trinajstić information content (AvgIpc) is 3.50. The maximum absolute atomic E-state index is 13.1. The van der Waals surface area contributed by atoms with Gasteiger partial charge in [-0.25, -0.2) is 4.98 Å². The molecule has 1 aliphatic heterocycles. The number of anilines is 1. The number of aryl methyl sites for hydroxylation is 1. The lowest BCUT2D eigenvalue weighted by Gasteiger charge is -2.32. The van der Waals surface area contributed by atoms with Gasteiger partial charge in [0.2, 0.25) is 5.89 Å². The molecule has 12 heteroatoms. The van der Waals surface area contributed by atoms with Gasteiger partial charge in [-0.2, -0.15) is 18.3 Å². The molecule has 5 rings (SSSR count). The minimum Gasteiger partial charge on any atom is -0.444 e. The largest absolute Gasteiger partial charge is 0.444 e. The van der Waals surface area contributed by atoms with E-state index in [1.165, 1.54) is 11.2 Å². The van der Waals surface area contributed by atoms with E-state index in [-0.39, 0.29) is 17.6 Å². The lowest BCUT2D eigenvalue weighted by Crippen LogP contribution is -2.40. The summed E-state index contributed by atoms with van der Waals surface area (Å²) in [6, 6.07) is 6.94. The quantitative estimate of drug-likeness (QED) is 0.350. The number of likely N-dealkylation sites (tertiary alicyclic amines) is 1. The van der Waals surface area contributed by atoms with Crippen LogP contribution in [0.4, 0.5) is 18.9 Å². The van der Waals surface area contributed by atoms with Crippen LogP contribution in [-0.4, -0.2) is 61.5 Å². The zero-order valence-electron chi connectivity index (χ0n) is 21.8. The van der Waals surface area contributed by atoms with Crippen LogP contribution < -0.4 is 5.32 Å². The van der Waals surface area contributed by atoms with E-state index in [0.29, 0.717) is 48.3 Å². The summed E-state index contributed by atoms with van der Waals surface area (Å²) >= 11 is 0. The molecule has 0 radical (unpaired) electrons. The zero-order valence-corrected chi connectivity index (χ0v) is 21.8. The fraction of sp³-hybridized carbons (Fsp3) is 0.407. The smallest absolute Gasteiger partial charge is 0.401 e. The molecule has 3 aromatic heterocycles. The van der Waals surface area contributed by atoms with Gasteiger partial charge in [-0.1, -0.05) is 0 Å². The monoisotopic (exact) mass is 542 g/mol. The Kier molecular flexibility index (Phi) is 6.93. The van der Waals surface area contributed by atoms with E-state index in [4.69, 9.17) is 4.42 Å². The highest BCUT2D eigenvalue weighted by molar-refractivity contribution is 6.04. The van der Waals surface area contributed by atoms with E-state index in [2.05, 4.69) is 20.4 Å². The Labute approximate surface area is 222 Å². The first kappa shape index (κ1) is 26.8. The summed E-state index contributed by atoms with van der Waals surface area (Å²) in [6.07, 6.45) is 1.59. The number of nitrogens with zero attached hydrogens (tertiary/aromatic N) is 5. The van der Waals surface area contributed by atoms with Crippen LogP contribution in [0.25, 0.3) is 22.4 Å². The van der Waals surface area contributed by atoms with Gasteiger partial charge < -0.3 is 14.8 Å². The first-order chi connectivity index (χ1) is 18.4. The number of amides is 1. The number of hydrogen-bond acceptors (Lipinski definition) is 7. The van der Waals surface area contributed by atoms with Crippen LogP contribution >= 0.6 is 0 Å². The number of alkyl halides is 3. The Morgan fingerprint density at radius 1 is 1.21 bits per heavy atom. The zero-order chi connectivity index (χ0) is 27.9. The molecule has 0 aliphatic carbocycles. The van der Waals surface area contributed by atoms with E-state index in [1.807, 2.05) is 13.1 Å². The van der Waals surface area contributed by atoms with E-state index < -0.39 is 24.2 Å². The van der Waals surface area contributed by atoms with Crippen LogP contribution in [0.5, 0.6) is 0 Å². The van der Waals surface area contributed by atoms with Crippen molar-refractivity contribution in [2.75, 3.05) is 25.0 Å². The minimum atomic E-state index is -4.22. The molecule has 1 aliphatic rings. The first-order valence-corrected chi connectivity index (χ1v) is 12.6. The topological polar surface area (TPSA) is 109 Å². The van der Waals surface area contributed by atoms with E-state index >= 15 is 0 Å². The number of benzene rings is 1. The Balaban J connectivity index is 1.37. The highest BCUT2D eigenvalue weighted by Gasteiger charge is 2.33. The average molecular weight is 543 g/mol. The van der Waals surface area contributed by atoms with Gasteiger partial charge in [0.1, 0.15) is 6.26 Å². The predicted octanol–water partition coefficient (Wildman–Crippen LogP) is 5.07. The molecule has 9 nitrogen and oxygen atoms in total. The minimum absolute atomic E-state index is 0.0455. The van der Waals surface area contributed by atoms with Gasteiger partial charge in [0.25, 0.3) is 5.91 Å². The van der Waals surface area contributed by atoms with E-state index in [9.17, 15) is 23.1 Å². The highest BCUT2D eigenvalue weighted by atomic mass is 19.4. The third-order valence-corrected chi connectivity index (χ3v) is 6.78. The van der Waals surface area contributed by atoms with Crippen LogP contribution in [0.1, 0.15) is 54.5 Å². The van der Waals surface area contributed by atoms with Crippen LogP contribution in [-0.2, 0) is 5.60 Å². The van der Waals surface area contributed by atoms with Gasteiger partial charge in [-0.05, 0) is 57.9 Å². The number of aliphatic hydroxyl groups is 1. The SMILES string of the molecule is Cc1cc(-c2nc(C(=O)Nc3cc4cn(C5CCN(CC(F)(F)F)CC5)nc4cc3C(C)(C)O)co2)ccn1. The third-order valence-electron chi connectivity index (χ3n) is 6.78. The molecule has 0 atom stereocenters. The molecule has 4 heterocycles. The van der Waals surface area contributed by atoms with Crippen LogP contribution in [0.2, 0.25) is 0 Å². The second-order valence-corrected chi connectivity index (χ2v) is 10.4. The number of piperidine rings is 1. The van der Waals surface area contributed by atoms with Gasteiger partial charge in [0.05, 0.1) is 23.7 Å². The van der Waals surface area contributed by atoms with Crippen LogP contribution in [0.3, 0.4) is 0 Å². The number of rotatable bonds is 6. The van der Waals surface area contributed by atoms with Crippen molar-refractivity contribution in [2.45, 2.75) is 51.4 Å². The molecule has 1 amide bonds. The molecule has 1 fully saturated rings. The normalized spacial score (nSPS) is 15.7. The van der Waals surface area contributed by atoms with Crippen molar-refractivity contribution in [3.05, 3.63) is 59.9 Å². The molecule has 39 heavy (non-hydrogen) atoms. The molecule has 206 valence electrons. The number of oxazole rings is 1. The highest BCUT2D eigenvalue weighted by Crippen LogP contribution is 2.34. The van der Waals surface area contributed by atoms with Crippen molar-refractivity contribution in [2.24, 2.45) is 0 Å². The van der Waals surface area contributed by atoms with Gasteiger partial charge in [0.15, 0.2) is 5.69 Å². The number of carbonyl (C=O) groups is 1. The van der Waals surface area contributed by atoms with Crippen LogP contribution in [0, 0.1) is 6.92 Å². The molecule has 2 N–H and O–H groups in total. The van der Waals surface area contributed by atoms with Crippen molar-refractivity contribution in [1.29, 1.82) is 0 Å². The van der Waals surface area contributed by atoms with Crippen molar-refractivity contribution in [3.8, 4) is 11.5 Å². The lowest BCUT2D eigenvalue weighted by molar-refractivity contribution is -0.148. The lowest BCUT2D eigenvalue weighted by atomic mass is 9.95. The summed E-state index contributed by atoms with van der Waals surface area (Å²) in [5, 5.41) is 19.1. The van der Waals surface area contributed by atoms with Gasteiger partial charge in [0, 0.05) is 53.4 Å². The summed E-state index contributed by atoms with van der Waals surface area (Å²) < 4.78 is 45.5. The molecule has 1 aromatic carbocycles. The molecule has 0 saturated carbocycles. The Bertz CT molecular complexity index is 1500. The second-order valence-electron chi connectivity index (χ2n) is 10.4. The molecule has 4 aromatic rings. The van der Waals surface area contributed by atoms with E-state index in [1.54, 1.807) is 49.0 Å². The molecule has 1 saturated heterocycles. The second kappa shape index (κ2) is 10.1. The molecular formula is C27H29F3N6O3. The molecule has 0 unspecified atom stereocenters. The maximum atomic E-state index is 13.1. The first-order valence-electron chi connectivity index (χ1n) is 12.6. The maximum Gasteiger partial charge on any atom is 0.401 e. The summed E-state index contributed by atoms with van der Waals surface area (Å²) in [4.78, 5) is 22.9. The summed E-state index contributed by atoms with van der Waals surface area (Å²) in [6.45, 7) is 4.81. The van der Waals surface area contributed by atoms with Gasteiger partial charge in [-0.3, -0.25) is 19.4 Å². The number of halogens is 3. The van der Waals surface area contributed by atoms with Crippen LogP contribution in [0.15, 0.2) is 47.3 Å². The summed E-state index contributed by atoms with van der Waals surface area (Å²) in [5.74, 6) is -0.226. The molecule has 0 spiro atoms. The molecular weight excluding hydrogens is 513 g/mol. The number of aromatic nitrogens is 4. The third kappa shape index (κ3) is 6.12. The van der Waals surface area contributed by atoms with Crippen molar-refractivity contribution < 1.29 is 27.5 Å². The number of fused-ring (bicyclic) bond motifs is 1. The predicted molar refractivity (Wildman–Crippen MR) is 138 cm³/mol. The Morgan fingerprint density at radius 3 is 2.62 bits per heavy atom. The standard InChI is InChI=1S/C27H29F3N6O3/c1-16-10-17(4-7-31-16)25-33-23(14-39-25)24(37)32-22-11-18-13-36(34-21(18)12-20(22)26(2,3)38)19-5-8-35(9-6-19)15-27(28,29)30/h4,7,10-14,19,38H,5-6,8-9,15H2,1-3H3,(H,32,37).